The maximum absolute atomic E-state index is 12.1. The molecule has 0 radical (unpaired) electrons. The fourth-order valence-corrected chi connectivity index (χ4v) is 2.21. The molecule has 2 aromatic heterocycles. The van der Waals surface area contributed by atoms with Gasteiger partial charge in [0.2, 0.25) is 0 Å². The quantitative estimate of drug-likeness (QED) is 0.548. The molecule has 106 valence electrons. The average Bonchev–Trinajstić information content (AvgIpc) is 2.78. The van der Waals surface area contributed by atoms with Crippen molar-refractivity contribution in [1.82, 2.24) is 14.2 Å². The van der Waals surface area contributed by atoms with Gasteiger partial charge in [0.1, 0.15) is 0 Å². The van der Waals surface area contributed by atoms with E-state index in [2.05, 4.69) is 5.10 Å². The lowest BCUT2D eigenvalue weighted by Crippen LogP contribution is -2.21. The molecule has 0 fully saturated rings. The maximum atomic E-state index is 12.1. The second-order valence-corrected chi connectivity index (χ2v) is 4.81. The maximum Gasteiger partial charge on any atom is 0.350 e. The van der Waals surface area contributed by atoms with Gasteiger partial charge in [-0.3, -0.25) is 14.5 Å². The highest BCUT2D eigenvalue weighted by Crippen LogP contribution is 2.22. The van der Waals surface area contributed by atoms with Crippen molar-refractivity contribution < 1.29 is 4.92 Å². The minimum absolute atomic E-state index is 0.0705. The van der Waals surface area contributed by atoms with Crippen LogP contribution in [-0.4, -0.2) is 19.1 Å². The Morgan fingerprint density at radius 2 is 2.10 bits per heavy atom. The van der Waals surface area contributed by atoms with E-state index in [1.54, 1.807) is 24.4 Å². The van der Waals surface area contributed by atoms with Crippen LogP contribution in [0.3, 0.4) is 0 Å². The zero-order valence-corrected chi connectivity index (χ0v) is 11.4. The molecule has 0 aliphatic heterocycles. The van der Waals surface area contributed by atoms with Crippen molar-refractivity contribution in [3.05, 3.63) is 73.8 Å². The van der Waals surface area contributed by atoms with Crippen molar-refractivity contribution in [2.24, 2.45) is 0 Å². The Kier molecular flexibility index (Phi) is 3.19. The molecule has 21 heavy (non-hydrogen) atoms. The SMILES string of the molecule is O=c1n(Cc2cc([N+](=O)[O-])ccc2Cl)nc2ccccn12. The Bertz CT molecular complexity index is 900. The van der Waals surface area contributed by atoms with Gasteiger partial charge in [-0.25, -0.2) is 9.48 Å². The summed E-state index contributed by atoms with van der Waals surface area (Å²) >= 11 is 6.03. The average molecular weight is 305 g/mol. The number of nitrogens with zero attached hydrogens (tertiary/aromatic N) is 4. The van der Waals surface area contributed by atoms with Gasteiger partial charge in [-0.15, -0.1) is 5.10 Å². The number of nitro groups is 1. The normalized spacial score (nSPS) is 10.9. The molecule has 0 N–H and O–H groups in total. The van der Waals surface area contributed by atoms with Crippen LogP contribution in [0.1, 0.15) is 5.56 Å². The van der Waals surface area contributed by atoms with Gasteiger partial charge in [0.05, 0.1) is 11.5 Å². The number of benzene rings is 1. The number of aromatic nitrogens is 3. The summed E-state index contributed by atoms with van der Waals surface area (Å²) in [5.41, 5.74) is 0.569. The highest BCUT2D eigenvalue weighted by molar-refractivity contribution is 6.31. The van der Waals surface area contributed by atoms with Gasteiger partial charge in [-0.1, -0.05) is 17.7 Å². The predicted molar refractivity (Wildman–Crippen MR) is 76.7 cm³/mol. The molecule has 0 spiro atoms. The summed E-state index contributed by atoms with van der Waals surface area (Å²) in [6, 6.07) is 9.30. The van der Waals surface area contributed by atoms with Crippen LogP contribution in [-0.2, 0) is 6.54 Å². The van der Waals surface area contributed by atoms with E-state index in [4.69, 9.17) is 11.6 Å². The lowest BCUT2D eigenvalue weighted by atomic mass is 10.2. The molecule has 7 nitrogen and oxygen atoms in total. The van der Waals surface area contributed by atoms with E-state index >= 15 is 0 Å². The Hall–Kier alpha value is -2.67. The molecule has 3 rings (SSSR count). The highest BCUT2D eigenvalue weighted by Gasteiger charge is 2.13. The van der Waals surface area contributed by atoms with Crippen molar-refractivity contribution in [2.45, 2.75) is 6.54 Å². The number of nitro benzene ring substituents is 1. The summed E-state index contributed by atoms with van der Waals surface area (Å²) < 4.78 is 2.62. The summed E-state index contributed by atoms with van der Waals surface area (Å²) in [5.74, 6) is 0. The molecule has 0 atom stereocenters. The van der Waals surface area contributed by atoms with Crippen LogP contribution in [0.25, 0.3) is 5.65 Å². The Balaban J connectivity index is 2.06. The fraction of sp³-hybridized carbons (Fsp3) is 0.0769. The molecule has 0 unspecified atom stereocenters. The Labute approximate surface area is 123 Å². The molecule has 0 bridgehead atoms. The molecule has 2 heterocycles. The number of fused-ring (bicyclic) bond motifs is 1. The topological polar surface area (TPSA) is 82.4 Å². The summed E-state index contributed by atoms with van der Waals surface area (Å²) in [7, 11) is 0. The number of non-ortho nitro benzene ring substituents is 1. The molecule has 8 heteroatoms. The van der Waals surface area contributed by atoms with Crippen molar-refractivity contribution in [1.29, 1.82) is 0 Å². The van der Waals surface area contributed by atoms with Gasteiger partial charge >= 0.3 is 5.69 Å². The van der Waals surface area contributed by atoms with Crippen LogP contribution >= 0.6 is 11.6 Å². The number of hydrogen-bond donors (Lipinski definition) is 0. The van der Waals surface area contributed by atoms with Gasteiger partial charge in [-0.2, -0.15) is 0 Å². The molecule has 0 aliphatic rings. The lowest BCUT2D eigenvalue weighted by molar-refractivity contribution is -0.384. The fourth-order valence-electron chi connectivity index (χ4n) is 2.03. The highest BCUT2D eigenvalue weighted by atomic mass is 35.5. The van der Waals surface area contributed by atoms with E-state index in [0.29, 0.717) is 16.2 Å². The molecule has 0 amide bonds. The first kappa shape index (κ1) is 13.3. The smallest absolute Gasteiger partial charge is 0.258 e. The predicted octanol–water partition coefficient (Wildman–Crippen LogP) is 2.11. The van der Waals surface area contributed by atoms with E-state index in [-0.39, 0.29) is 17.9 Å². The van der Waals surface area contributed by atoms with Crippen LogP contribution in [0.2, 0.25) is 5.02 Å². The third kappa shape index (κ3) is 2.38. The second kappa shape index (κ2) is 5.02. The van der Waals surface area contributed by atoms with Crippen LogP contribution in [0.4, 0.5) is 5.69 Å². The van der Waals surface area contributed by atoms with E-state index in [1.165, 1.54) is 27.3 Å². The van der Waals surface area contributed by atoms with E-state index in [9.17, 15) is 14.9 Å². The molecule has 0 saturated carbocycles. The Morgan fingerprint density at radius 3 is 2.81 bits per heavy atom. The first-order valence-corrected chi connectivity index (χ1v) is 6.41. The number of halogens is 1. The zero-order chi connectivity index (χ0) is 15.0. The minimum atomic E-state index is -0.508. The standard InChI is InChI=1S/C13H9ClN4O3/c14-11-5-4-10(18(20)21)7-9(11)8-17-13(19)16-6-2-1-3-12(16)15-17/h1-7H,8H2. The largest absolute Gasteiger partial charge is 0.350 e. The van der Waals surface area contributed by atoms with Gasteiger partial charge in [0.25, 0.3) is 5.69 Å². The zero-order valence-electron chi connectivity index (χ0n) is 10.6. The van der Waals surface area contributed by atoms with Crippen LogP contribution in [0.15, 0.2) is 47.4 Å². The van der Waals surface area contributed by atoms with Crippen molar-refractivity contribution >= 4 is 22.9 Å². The number of pyridine rings is 1. The van der Waals surface area contributed by atoms with Crippen LogP contribution in [0, 0.1) is 10.1 Å². The van der Waals surface area contributed by atoms with E-state index in [0.717, 1.165) is 0 Å². The first-order valence-electron chi connectivity index (χ1n) is 6.03. The van der Waals surface area contributed by atoms with Crippen molar-refractivity contribution in [3.63, 3.8) is 0 Å². The molecular weight excluding hydrogens is 296 g/mol. The molecule has 0 saturated heterocycles. The molecular formula is C13H9ClN4O3. The molecule has 0 aliphatic carbocycles. The van der Waals surface area contributed by atoms with Gasteiger partial charge in [-0.05, 0) is 23.8 Å². The van der Waals surface area contributed by atoms with Gasteiger partial charge in [0, 0.05) is 23.4 Å². The second-order valence-electron chi connectivity index (χ2n) is 4.40. The Morgan fingerprint density at radius 1 is 1.29 bits per heavy atom. The minimum Gasteiger partial charge on any atom is -0.258 e. The lowest BCUT2D eigenvalue weighted by Gasteiger charge is -2.03. The summed E-state index contributed by atoms with van der Waals surface area (Å²) in [6.07, 6.45) is 1.61. The first-order chi connectivity index (χ1) is 10.1. The third-order valence-electron chi connectivity index (χ3n) is 3.05. The third-order valence-corrected chi connectivity index (χ3v) is 3.42. The molecule has 1 aromatic carbocycles. The molecule has 3 aromatic rings. The van der Waals surface area contributed by atoms with E-state index in [1.807, 2.05) is 0 Å². The van der Waals surface area contributed by atoms with Crippen LogP contribution < -0.4 is 5.69 Å². The van der Waals surface area contributed by atoms with Gasteiger partial charge in [0.15, 0.2) is 5.65 Å². The summed E-state index contributed by atoms with van der Waals surface area (Å²) in [5, 5.41) is 15.3. The van der Waals surface area contributed by atoms with Crippen molar-refractivity contribution in [2.75, 3.05) is 0 Å². The monoisotopic (exact) mass is 304 g/mol. The van der Waals surface area contributed by atoms with E-state index < -0.39 is 4.92 Å². The summed E-state index contributed by atoms with van der Waals surface area (Å²) in [6.45, 7) is 0.0705. The van der Waals surface area contributed by atoms with Gasteiger partial charge < -0.3 is 0 Å². The van der Waals surface area contributed by atoms with Crippen LogP contribution in [0.5, 0.6) is 0 Å². The van der Waals surface area contributed by atoms with Crippen molar-refractivity contribution in [3.8, 4) is 0 Å². The number of rotatable bonds is 3. The summed E-state index contributed by atoms with van der Waals surface area (Å²) in [4.78, 5) is 22.4. The number of hydrogen-bond acceptors (Lipinski definition) is 4.